The Morgan fingerprint density at radius 1 is 1.10 bits per heavy atom. The molecular formula is C22H19F3N4O2. The van der Waals surface area contributed by atoms with E-state index in [1.165, 1.54) is 0 Å². The average Bonchev–Trinajstić information content (AvgIpc) is 3.11. The minimum absolute atomic E-state index is 0.138. The van der Waals surface area contributed by atoms with Crippen molar-refractivity contribution in [1.29, 1.82) is 0 Å². The van der Waals surface area contributed by atoms with Crippen molar-refractivity contribution < 1.29 is 22.8 Å². The Hall–Kier alpha value is -3.62. The second-order valence-corrected chi connectivity index (χ2v) is 7.32. The van der Waals surface area contributed by atoms with Gasteiger partial charge in [0.2, 0.25) is 5.91 Å². The van der Waals surface area contributed by atoms with Gasteiger partial charge in [0.05, 0.1) is 22.9 Å². The highest BCUT2D eigenvalue weighted by atomic mass is 19.4. The van der Waals surface area contributed by atoms with Gasteiger partial charge in [0.25, 0.3) is 0 Å². The number of fused-ring (bicyclic) bond motifs is 1. The number of halogens is 3. The van der Waals surface area contributed by atoms with Gasteiger partial charge in [-0.1, -0.05) is 18.2 Å². The third-order valence-electron chi connectivity index (χ3n) is 5.08. The summed E-state index contributed by atoms with van der Waals surface area (Å²) in [7, 11) is 0. The second-order valence-electron chi connectivity index (χ2n) is 7.32. The molecule has 2 aromatic heterocycles. The number of ketones is 1. The first kappa shape index (κ1) is 20.6. The molecule has 4 rings (SSSR count). The molecule has 3 N–H and O–H groups in total. The van der Waals surface area contributed by atoms with Gasteiger partial charge in [-0.3, -0.25) is 14.6 Å². The zero-order chi connectivity index (χ0) is 22.0. The zero-order valence-electron chi connectivity index (χ0n) is 16.3. The van der Waals surface area contributed by atoms with Crippen LogP contribution in [0.15, 0.2) is 54.9 Å². The number of carbonyl (C=O) groups is 2. The largest absolute Gasteiger partial charge is 0.405 e. The van der Waals surface area contributed by atoms with E-state index in [0.717, 1.165) is 11.3 Å². The number of carbonyl (C=O) groups excluding carboxylic acids is 2. The molecular weight excluding hydrogens is 409 g/mol. The van der Waals surface area contributed by atoms with Gasteiger partial charge in [-0.2, -0.15) is 13.2 Å². The smallest absolute Gasteiger partial charge is 0.356 e. The van der Waals surface area contributed by atoms with E-state index in [4.69, 9.17) is 0 Å². The summed E-state index contributed by atoms with van der Waals surface area (Å²) in [6, 6.07) is 12.9. The third-order valence-corrected chi connectivity index (χ3v) is 5.08. The Morgan fingerprint density at radius 2 is 1.81 bits per heavy atom. The summed E-state index contributed by atoms with van der Waals surface area (Å²) in [4.78, 5) is 32.5. The highest BCUT2D eigenvalue weighted by molar-refractivity contribution is 6.09. The summed E-state index contributed by atoms with van der Waals surface area (Å²) in [5.74, 6) is -1.95. The van der Waals surface area contributed by atoms with Crippen LogP contribution in [0.2, 0.25) is 0 Å². The fourth-order valence-electron chi connectivity index (χ4n) is 3.70. The number of rotatable bonds is 5. The number of amides is 1. The number of anilines is 2. The van der Waals surface area contributed by atoms with E-state index < -0.39 is 24.5 Å². The molecule has 160 valence electrons. The lowest BCUT2D eigenvalue weighted by molar-refractivity contribution is -0.140. The van der Waals surface area contributed by atoms with Crippen LogP contribution < -0.4 is 10.6 Å². The summed E-state index contributed by atoms with van der Waals surface area (Å²) < 4.78 is 37.3. The number of nitrogens with zero attached hydrogens (tertiary/aromatic N) is 1. The number of hydrogen-bond donors (Lipinski definition) is 3. The Bertz CT molecular complexity index is 1100. The number of para-hydroxylation sites is 1. The van der Waals surface area contributed by atoms with Crippen molar-refractivity contribution in [2.75, 3.05) is 11.9 Å². The fraction of sp³-hybridized carbons (Fsp3) is 0.227. The predicted molar refractivity (Wildman–Crippen MR) is 109 cm³/mol. The molecule has 1 atom stereocenters. The summed E-state index contributed by atoms with van der Waals surface area (Å²) in [5, 5.41) is 5.16. The monoisotopic (exact) mass is 428 g/mol. The van der Waals surface area contributed by atoms with Crippen LogP contribution in [-0.2, 0) is 11.2 Å². The van der Waals surface area contributed by atoms with Crippen molar-refractivity contribution in [3.8, 4) is 11.3 Å². The van der Waals surface area contributed by atoms with Crippen molar-refractivity contribution in [3.05, 3.63) is 66.1 Å². The molecule has 0 radical (unpaired) electrons. The minimum atomic E-state index is -4.51. The standard InChI is InChI=1S/C22H19F3N4O2/c23-22(24,25)12-27-21(31)14-10-16-18(17(30)11-14)20(28-15-4-2-1-3-5-15)19(29-16)13-6-8-26-9-7-13/h1-9,14,28-29H,10-12H2,(H,27,31). The van der Waals surface area contributed by atoms with Gasteiger partial charge in [0.15, 0.2) is 5.78 Å². The Balaban J connectivity index is 1.69. The molecule has 1 amide bonds. The van der Waals surface area contributed by atoms with E-state index >= 15 is 0 Å². The van der Waals surface area contributed by atoms with Crippen LogP contribution in [0.25, 0.3) is 11.3 Å². The maximum atomic E-state index is 13.0. The number of H-pyrrole nitrogens is 1. The van der Waals surface area contributed by atoms with E-state index in [1.54, 1.807) is 24.5 Å². The number of aromatic amines is 1. The number of aromatic nitrogens is 2. The van der Waals surface area contributed by atoms with E-state index in [-0.39, 0.29) is 18.6 Å². The molecule has 6 nitrogen and oxygen atoms in total. The molecule has 0 saturated heterocycles. The highest BCUT2D eigenvalue weighted by Crippen LogP contribution is 2.39. The van der Waals surface area contributed by atoms with Crippen molar-refractivity contribution >= 4 is 23.1 Å². The lowest BCUT2D eigenvalue weighted by Gasteiger charge is -2.22. The molecule has 3 aromatic rings. The van der Waals surface area contributed by atoms with Crippen LogP contribution in [0.1, 0.15) is 22.5 Å². The normalized spacial score (nSPS) is 16.0. The maximum absolute atomic E-state index is 13.0. The molecule has 0 aliphatic heterocycles. The average molecular weight is 428 g/mol. The van der Waals surface area contributed by atoms with Gasteiger partial charge in [-0.05, 0) is 24.3 Å². The molecule has 9 heteroatoms. The Labute approximate surface area is 175 Å². The number of alkyl halides is 3. The Morgan fingerprint density at radius 3 is 2.48 bits per heavy atom. The molecule has 0 bridgehead atoms. The van der Waals surface area contributed by atoms with Gasteiger partial charge >= 0.3 is 6.18 Å². The predicted octanol–water partition coefficient (Wildman–Crippen LogP) is 4.24. The number of pyridine rings is 1. The van der Waals surface area contributed by atoms with Crippen molar-refractivity contribution in [3.63, 3.8) is 0 Å². The highest BCUT2D eigenvalue weighted by Gasteiger charge is 2.36. The van der Waals surface area contributed by atoms with Crippen LogP contribution >= 0.6 is 0 Å². The zero-order valence-corrected chi connectivity index (χ0v) is 16.3. The molecule has 0 fully saturated rings. The molecule has 0 saturated carbocycles. The first-order valence-electron chi connectivity index (χ1n) is 9.67. The summed E-state index contributed by atoms with van der Waals surface area (Å²) in [6.45, 7) is -1.42. The lowest BCUT2D eigenvalue weighted by Crippen LogP contribution is -2.40. The quantitative estimate of drug-likeness (QED) is 0.567. The van der Waals surface area contributed by atoms with Gasteiger partial charge in [0.1, 0.15) is 6.54 Å². The van der Waals surface area contributed by atoms with Gasteiger partial charge in [0, 0.05) is 42.2 Å². The van der Waals surface area contributed by atoms with E-state index in [0.29, 0.717) is 22.6 Å². The van der Waals surface area contributed by atoms with Crippen molar-refractivity contribution in [1.82, 2.24) is 15.3 Å². The maximum Gasteiger partial charge on any atom is 0.405 e. The van der Waals surface area contributed by atoms with E-state index in [1.807, 2.05) is 35.6 Å². The number of benzene rings is 1. The summed E-state index contributed by atoms with van der Waals surface area (Å²) in [5.41, 5.74) is 3.74. The fourth-order valence-corrected chi connectivity index (χ4v) is 3.70. The van der Waals surface area contributed by atoms with Crippen LogP contribution in [0.4, 0.5) is 24.5 Å². The molecule has 1 unspecified atom stereocenters. The van der Waals surface area contributed by atoms with Crippen LogP contribution in [0, 0.1) is 5.92 Å². The number of Topliss-reactive ketones (excluding diaryl/α,β-unsaturated/α-hetero) is 1. The van der Waals surface area contributed by atoms with E-state index in [2.05, 4.69) is 15.3 Å². The van der Waals surface area contributed by atoms with Crippen molar-refractivity contribution in [2.24, 2.45) is 5.92 Å². The lowest BCUT2D eigenvalue weighted by atomic mass is 9.85. The third kappa shape index (κ3) is 4.60. The number of hydrogen-bond acceptors (Lipinski definition) is 4. The van der Waals surface area contributed by atoms with E-state index in [9.17, 15) is 22.8 Å². The van der Waals surface area contributed by atoms with Gasteiger partial charge < -0.3 is 15.6 Å². The van der Waals surface area contributed by atoms with Crippen molar-refractivity contribution in [2.45, 2.75) is 19.0 Å². The van der Waals surface area contributed by atoms with Crippen LogP contribution in [0.5, 0.6) is 0 Å². The van der Waals surface area contributed by atoms with Crippen LogP contribution in [0.3, 0.4) is 0 Å². The SMILES string of the molecule is O=C1CC(C(=O)NCC(F)(F)F)Cc2[nH]c(-c3ccncc3)c(Nc3ccccc3)c21. The molecule has 1 aliphatic rings. The topological polar surface area (TPSA) is 86.9 Å². The molecule has 0 spiro atoms. The molecule has 2 heterocycles. The first-order chi connectivity index (χ1) is 14.8. The summed E-state index contributed by atoms with van der Waals surface area (Å²) >= 11 is 0. The second kappa shape index (κ2) is 8.25. The minimum Gasteiger partial charge on any atom is -0.356 e. The molecule has 1 aliphatic carbocycles. The molecule has 31 heavy (non-hydrogen) atoms. The summed E-state index contributed by atoms with van der Waals surface area (Å²) in [6.07, 6.45) is -1.28. The first-order valence-corrected chi connectivity index (χ1v) is 9.67. The van der Waals surface area contributed by atoms with Crippen LogP contribution in [-0.4, -0.2) is 34.4 Å². The van der Waals surface area contributed by atoms with Gasteiger partial charge in [-0.25, -0.2) is 0 Å². The number of nitrogens with one attached hydrogen (secondary N) is 3. The molecule has 1 aromatic carbocycles. The Kier molecular flexibility index (Phi) is 5.50. The van der Waals surface area contributed by atoms with Gasteiger partial charge in [-0.15, -0.1) is 0 Å².